The predicted octanol–water partition coefficient (Wildman–Crippen LogP) is 4.85. The standard InChI is InChI=1S/C16H11F3O/c17-16(18,19)13-6-3-5-12(10-13)15-9-8-11-4-1-2-7-14(11)20-15/h1-10,15H. The van der Waals surface area contributed by atoms with Crippen LogP contribution in [0.3, 0.4) is 0 Å². The van der Waals surface area contributed by atoms with Crippen molar-refractivity contribution >= 4 is 6.08 Å². The van der Waals surface area contributed by atoms with E-state index < -0.39 is 17.8 Å². The van der Waals surface area contributed by atoms with Gasteiger partial charge in [0.2, 0.25) is 0 Å². The highest BCUT2D eigenvalue weighted by Gasteiger charge is 2.31. The topological polar surface area (TPSA) is 9.23 Å². The zero-order valence-corrected chi connectivity index (χ0v) is 10.4. The average molecular weight is 276 g/mol. The molecule has 0 N–H and O–H groups in total. The lowest BCUT2D eigenvalue weighted by molar-refractivity contribution is -0.137. The third-order valence-corrected chi connectivity index (χ3v) is 3.17. The summed E-state index contributed by atoms with van der Waals surface area (Å²) < 4.78 is 43.9. The number of halogens is 3. The first-order valence-electron chi connectivity index (χ1n) is 6.15. The van der Waals surface area contributed by atoms with Crippen LogP contribution in [0.4, 0.5) is 13.2 Å². The third-order valence-electron chi connectivity index (χ3n) is 3.17. The van der Waals surface area contributed by atoms with Gasteiger partial charge in [-0.15, -0.1) is 0 Å². The zero-order chi connectivity index (χ0) is 14.2. The van der Waals surface area contributed by atoms with Gasteiger partial charge in [-0.3, -0.25) is 0 Å². The first-order valence-corrected chi connectivity index (χ1v) is 6.15. The molecule has 1 heterocycles. The molecule has 0 amide bonds. The lowest BCUT2D eigenvalue weighted by atomic mass is 10.0. The van der Waals surface area contributed by atoms with Gasteiger partial charge in [-0.1, -0.05) is 36.4 Å². The van der Waals surface area contributed by atoms with Gasteiger partial charge in [0, 0.05) is 5.56 Å². The highest BCUT2D eigenvalue weighted by Crippen LogP contribution is 2.35. The van der Waals surface area contributed by atoms with Gasteiger partial charge in [0.25, 0.3) is 0 Å². The Hall–Kier alpha value is -2.23. The summed E-state index contributed by atoms with van der Waals surface area (Å²) in [7, 11) is 0. The Morgan fingerprint density at radius 2 is 1.75 bits per heavy atom. The van der Waals surface area contributed by atoms with Crippen molar-refractivity contribution in [2.45, 2.75) is 12.3 Å². The molecule has 1 atom stereocenters. The Bertz CT molecular complexity index is 659. The number of para-hydroxylation sites is 1. The van der Waals surface area contributed by atoms with Crippen molar-refractivity contribution in [3.63, 3.8) is 0 Å². The van der Waals surface area contributed by atoms with Crippen LogP contribution < -0.4 is 4.74 Å². The highest BCUT2D eigenvalue weighted by atomic mass is 19.4. The van der Waals surface area contributed by atoms with Gasteiger partial charge < -0.3 is 4.74 Å². The minimum absolute atomic E-state index is 0.491. The van der Waals surface area contributed by atoms with E-state index in [-0.39, 0.29) is 0 Å². The molecule has 1 aliphatic heterocycles. The maximum Gasteiger partial charge on any atom is 0.416 e. The molecule has 102 valence electrons. The minimum Gasteiger partial charge on any atom is -0.481 e. The van der Waals surface area contributed by atoms with Crippen LogP contribution in [0.15, 0.2) is 54.6 Å². The van der Waals surface area contributed by atoms with E-state index in [1.807, 2.05) is 24.3 Å². The average Bonchev–Trinajstić information content (AvgIpc) is 2.46. The normalized spacial score (nSPS) is 17.4. The van der Waals surface area contributed by atoms with Crippen molar-refractivity contribution in [1.82, 2.24) is 0 Å². The molecule has 3 rings (SSSR count). The summed E-state index contributed by atoms with van der Waals surface area (Å²) in [5.74, 6) is 0.678. The second kappa shape index (κ2) is 4.71. The Kier molecular flexibility index (Phi) is 3.01. The molecule has 1 unspecified atom stereocenters. The molecule has 0 spiro atoms. The lowest BCUT2D eigenvalue weighted by Gasteiger charge is -2.22. The van der Waals surface area contributed by atoms with Crippen molar-refractivity contribution < 1.29 is 17.9 Å². The number of alkyl halides is 3. The SMILES string of the molecule is FC(F)(F)c1cccc(C2C=Cc3ccccc3O2)c1. The van der Waals surface area contributed by atoms with Crippen molar-refractivity contribution in [2.75, 3.05) is 0 Å². The fourth-order valence-corrected chi connectivity index (χ4v) is 2.16. The molecule has 1 aliphatic rings. The summed E-state index contributed by atoms with van der Waals surface area (Å²) >= 11 is 0. The van der Waals surface area contributed by atoms with E-state index in [0.717, 1.165) is 17.7 Å². The molecule has 0 bridgehead atoms. The summed E-state index contributed by atoms with van der Waals surface area (Å²) in [5, 5.41) is 0. The molecule has 0 fully saturated rings. The molecule has 4 heteroatoms. The summed E-state index contributed by atoms with van der Waals surface area (Å²) in [6.07, 6.45) is -1.21. The molecule has 2 aromatic carbocycles. The second-order valence-corrected chi connectivity index (χ2v) is 4.56. The van der Waals surface area contributed by atoms with Crippen LogP contribution in [-0.2, 0) is 6.18 Å². The van der Waals surface area contributed by atoms with Crippen LogP contribution >= 0.6 is 0 Å². The van der Waals surface area contributed by atoms with E-state index in [0.29, 0.717) is 11.3 Å². The van der Waals surface area contributed by atoms with Crippen molar-refractivity contribution in [2.24, 2.45) is 0 Å². The fourth-order valence-electron chi connectivity index (χ4n) is 2.16. The van der Waals surface area contributed by atoms with Crippen LogP contribution in [0.1, 0.15) is 22.8 Å². The third kappa shape index (κ3) is 2.41. The lowest BCUT2D eigenvalue weighted by Crippen LogP contribution is -2.11. The van der Waals surface area contributed by atoms with Gasteiger partial charge in [0.05, 0.1) is 5.56 Å². The van der Waals surface area contributed by atoms with Gasteiger partial charge in [-0.05, 0) is 29.8 Å². The first-order chi connectivity index (χ1) is 9.54. The van der Waals surface area contributed by atoms with E-state index in [1.165, 1.54) is 6.07 Å². The molecule has 0 saturated heterocycles. The molecule has 0 radical (unpaired) electrons. The first kappa shape index (κ1) is 12.8. The van der Waals surface area contributed by atoms with E-state index in [1.54, 1.807) is 18.2 Å². The van der Waals surface area contributed by atoms with Gasteiger partial charge in [0.1, 0.15) is 11.9 Å². The molecule has 20 heavy (non-hydrogen) atoms. The van der Waals surface area contributed by atoms with Gasteiger partial charge in [-0.2, -0.15) is 13.2 Å². The van der Waals surface area contributed by atoms with Crippen LogP contribution in [0.5, 0.6) is 5.75 Å². The van der Waals surface area contributed by atoms with Crippen molar-refractivity contribution in [3.05, 3.63) is 71.3 Å². The maximum atomic E-state index is 12.7. The Morgan fingerprint density at radius 1 is 0.950 bits per heavy atom. The molecule has 0 aliphatic carbocycles. The molecular weight excluding hydrogens is 265 g/mol. The van der Waals surface area contributed by atoms with Crippen LogP contribution in [0.2, 0.25) is 0 Å². The smallest absolute Gasteiger partial charge is 0.416 e. The van der Waals surface area contributed by atoms with Crippen molar-refractivity contribution in [1.29, 1.82) is 0 Å². The molecule has 0 saturated carbocycles. The molecular formula is C16H11F3O. The van der Waals surface area contributed by atoms with E-state index in [2.05, 4.69) is 0 Å². The number of hydrogen-bond acceptors (Lipinski definition) is 1. The Balaban J connectivity index is 1.93. The quantitative estimate of drug-likeness (QED) is 0.723. The van der Waals surface area contributed by atoms with Gasteiger partial charge in [0.15, 0.2) is 0 Å². The summed E-state index contributed by atoms with van der Waals surface area (Å²) in [5.41, 5.74) is 0.757. The largest absolute Gasteiger partial charge is 0.481 e. The van der Waals surface area contributed by atoms with Crippen molar-refractivity contribution in [3.8, 4) is 5.75 Å². The summed E-state index contributed by atoms with van der Waals surface area (Å²) in [4.78, 5) is 0. The zero-order valence-electron chi connectivity index (χ0n) is 10.4. The molecule has 0 aromatic heterocycles. The Labute approximate surface area is 114 Å². The molecule has 2 aromatic rings. The Morgan fingerprint density at radius 3 is 2.55 bits per heavy atom. The number of rotatable bonds is 1. The van der Waals surface area contributed by atoms with E-state index >= 15 is 0 Å². The number of benzene rings is 2. The van der Waals surface area contributed by atoms with E-state index in [4.69, 9.17) is 4.74 Å². The van der Waals surface area contributed by atoms with Crippen LogP contribution in [0.25, 0.3) is 6.08 Å². The van der Waals surface area contributed by atoms with Crippen LogP contribution in [-0.4, -0.2) is 0 Å². The number of hydrogen-bond donors (Lipinski definition) is 0. The van der Waals surface area contributed by atoms with Gasteiger partial charge >= 0.3 is 6.18 Å². The number of fused-ring (bicyclic) bond motifs is 1. The van der Waals surface area contributed by atoms with E-state index in [9.17, 15) is 13.2 Å². The minimum atomic E-state index is -4.34. The fraction of sp³-hybridized carbons (Fsp3) is 0.125. The molecule has 1 nitrogen and oxygen atoms in total. The van der Waals surface area contributed by atoms with Gasteiger partial charge in [-0.25, -0.2) is 0 Å². The second-order valence-electron chi connectivity index (χ2n) is 4.56. The summed E-state index contributed by atoms with van der Waals surface area (Å²) in [6, 6.07) is 12.6. The predicted molar refractivity (Wildman–Crippen MR) is 70.3 cm³/mol. The monoisotopic (exact) mass is 276 g/mol. The summed E-state index contributed by atoms with van der Waals surface area (Å²) in [6.45, 7) is 0. The van der Waals surface area contributed by atoms with Crippen LogP contribution in [0, 0.1) is 0 Å². The highest BCUT2D eigenvalue weighted by molar-refractivity contribution is 5.60. The maximum absolute atomic E-state index is 12.7. The number of ether oxygens (including phenoxy) is 1.